The minimum absolute atomic E-state index is 0. The van der Waals surface area contributed by atoms with Crippen LogP contribution in [0.15, 0.2) is 24.3 Å². The van der Waals surface area contributed by atoms with Crippen LogP contribution in [0, 0.1) is 0 Å². The minimum Gasteiger partial charge on any atom is -0.550 e. The Kier molecular flexibility index (Phi) is 12.3. The van der Waals surface area contributed by atoms with Crippen molar-refractivity contribution in [1.82, 2.24) is 5.32 Å². The van der Waals surface area contributed by atoms with Gasteiger partial charge in [0, 0.05) is 5.97 Å². The number of benzene rings is 1. The normalized spacial score (nSPS) is 10.4. The van der Waals surface area contributed by atoms with Crippen molar-refractivity contribution >= 4 is 23.8 Å². The van der Waals surface area contributed by atoms with Crippen LogP contribution in [0.3, 0.4) is 0 Å². The van der Waals surface area contributed by atoms with Crippen LogP contribution in [-0.2, 0) is 9.59 Å². The minimum atomic E-state index is -1.64. The predicted molar refractivity (Wildman–Crippen MR) is 65.5 cm³/mol. The van der Waals surface area contributed by atoms with E-state index in [9.17, 15) is 29.4 Å². The van der Waals surface area contributed by atoms with E-state index in [1.165, 1.54) is 24.3 Å². The third kappa shape index (κ3) is 7.96. The number of hydrogen-bond acceptors (Lipinski definition) is 6. The zero-order valence-corrected chi connectivity index (χ0v) is 16.8. The second kappa shape index (κ2) is 11.6. The molecule has 0 bridgehead atoms. The second-order valence-electron chi connectivity index (χ2n) is 4.17. The fourth-order valence-electron chi connectivity index (χ4n) is 1.64. The molecular weight excluding hydrogens is 326 g/mol. The van der Waals surface area contributed by atoms with Crippen molar-refractivity contribution in [3.8, 4) is 0 Å². The Morgan fingerprint density at radius 3 is 2.00 bits per heavy atom. The van der Waals surface area contributed by atoms with Crippen molar-refractivity contribution in [1.29, 1.82) is 0 Å². The molecule has 0 spiro atoms. The number of carboxylic acids is 2. The van der Waals surface area contributed by atoms with Crippen LogP contribution < -0.4 is 80.4 Å². The number of nitrogens with two attached hydrogens (primary N) is 1. The van der Waals surface area contributed by atoms with Gasteiger partial charge in [0.05, 0.1) is 23.1 Å². The number of aliphatic carboxylic acids is 2. The van der Waals surface area contributed by atoms with Gasteiger partial charge in [0.2, 0.25) is 5.91 Å². The topological polar surface area (TPSA) is 152 Å². The summed E-state index contributed by atoms with van der Waals surface area (Å²) in [6, 6.07) is 4.04. The molecule has 0 aromatic heterocycles. The molecule has 0 aliphatic rings. The summed E-state index contributed by atoms with van der Waals surface area (Å²) < 4.78 is 0. The molecule has 0 unspecified atom stereocenters. The fraction of sp³-hybridized carbons (Fsp3) is 0.231. The maximum atomic E-state index is 12.0. The number of nitrogens with one attached hydrogen (secondary N) is 1. The van der Waals surface area contributed by atoms with Crippen molar-refractivity contribution < 1.29 is 88.5 Å². The summed E-state index contributed by atoms with van der Waals surface area (Å²) in [4.78, 5) is 44.3. The molecule has 0 saturated heterocycles. The van der Waals surface area contributed by atoms with Gasteiger partial charge in [0.1, 0.15) is 0 Å². The van der Waals surface area contributed by atoms with Crippen LogP contribution in [0.4, 0.5) is 0 Å². The molecule has 10 heteroatoms. The van der Waals surface area contributed by atoms with Gasteiger partial charge in [0.25, 0.3) is 5.91 Å². The number of rotatable bonds is 7. The van der Waals surface area contributed by atoms with Crippen LogP contribution >= 0.6 is 0 Å². The largest absolute Gasteiger partial charge is 1.00 e. The summed E-state index contributed by atoms with van der Waals surface area (Å²) in [5.74, 6) is -4.80. The number of carbonyl (C=O) groups excluding carboxylic acids is 4. The van der Waals surface area contributed by atoms with Gasteiger partial charge in [-0.2, -0.15) is 0 Å². The molecule has 1 aromatic carbocycles. The van der Waals surface area contributed by atoms with Crippen molar-refractivity contribution in [2.75, 3.05) is 0 Å². The Balaban J connectivity index is 0. The Bertz CT molecular complexity index is 594. The molecular formula is C13H12N2Na2O6. The molecule has 0 aliphatic carbocycles. The third-order valence-electron chi connectivity index (χ3n) is 2.66. The molecule has 0 aliphatic heterocycles. The monoisotopic (exact) mass is 338 g/mol. The van der Waals surface area contributed by atoms with Crippen LogP contribution in [0.5, 0.6) is 0 Å². The number of amides is 2. The average molecular weight is 338 g/mol. The van der Waals surface area contributed by atoms with Gasteiger partial charge in [-0.3, -0.25) is 9.59 Å². The van der Waals surface area contributed by atoms with E-state index in [1.54, 1.807) is 0 Å². The van der Waals surface area contributed by atoms with E-state index in [2.05, 4.69) is 5.32 Å². The van der Waals surface area contributed by atoms with Gasteiger partial charge in [-0.1, -0.05) is 12.1 Å². The van der Waals surface area contributed by atoms with E-state index >= 15 is 0 Å². The van der Waals surface area contributed by atoms with E-state index in [4.69, 9.17) is 5.73 Å². The summed E-state index contributed by atoms with van der Waals surface area (Å²) in [6.45, 7) is 0. The van der Waals surface area contributed by atoms with E-state index < -0.39 is 42.6 Å². The number of hydrogen-bond donors (Lipinski definition) is 2. The van der Waals surface area contributed by atoms with Crippen molar-refractivity contribution in [3.63, 3.8) is 0 Å². The van der Waals surface area contributed by atoms with Crippen LogP contribution in [0.2, 0.25) is 0 Å². The molecule has 0 saturated carbocycles. The van der Waals surface area contributed by atoms with Gasteiger partial charge in [0.15, 0.2) is 0 Å². The molecule has 0 fully saturated rings. The Morgan fingerprint density at radius 1 is 1.04 bits per heavy atom. The van der Waals surface area contributed by atoms with Crippen LogP contribution in [0.25, 0.3) is 0 Å². The Labute approximate surface area is 176 Å². The first-order chi connectivity index (χ1) is 9.82. The van der Waals surface area contributed by atoms with Crippen molar-refractivity contribution in [3.05, 3.63) is 35.4 Å². The summed E-state index contributed by atoms with van der Waals surface area (Å²) >= 11 is 0. The van der Waals surface area contributed by atoms with Crippen molar-refractivity contribution in [2.24, 2.45) is 5.73 Å². The smallest absolute Gasteiger partial charge is 0.550 e. The molecule has 1 rings (SSSR count). The van der Waals surface area contributed by atoms with Gasteiger partial charge < -0.3 is 30.9 Å². The van der Waals surface area contributed by atoms with Crippen molar-refractivity contribution in [2.45, 2.75) is 18.9 Å². The van der Waals surface area contributed by atoms with Gasteiger partial charge in [-0.25, -0.2) is 0 Å². The zero-order valence-electron chi connectivity index (χ0n) is 12.8. The van der Waals surface area contributed by atoms with Gasteiger partial charge in [-0.05, 0) is 25.0 Å². The number of carbonyl (C=O) groups is 4. The Morgan fingerprint density at radius 2 is 1.57 bits per heavy atom. The molecule has 3 N–H and O–H groups in total. The second-order valence-corrected chi connectivity index (χ2v) is 4.17. The third-order valence-corrected chi connectivity index (χ3v) is 2.66. The molecule has 8 nitrogen and oxygen atoms in total. The Hall–Kier alpha value is -0.900. The van der Waals surface area contributed by atoms with Crippen LogP contribution in [-0.4, -0.2) is 29.8 Å². The van der Waals surface area contributed by atoms with Crippen LogP contribution in [0.1, 0.15) is 33.6 Å². The standard InChI is InChI=1S/C13H14N2O6.2Na/c14-11(18)7-3-1-2-4-8(7)12(19)15-9(13(20)21)5-6-10(16)17;;/h1-4,9H,5-6H2,(H2,14,18)(H,15,19)(H,16,17)(H,20,21);;/q;2*+1/p-2/t9-;;/m0../s1. The SMILES string of the molecule is NC(=O)c1ccccc1C(=O)N[C@@H](CCC(=O)[O-])C(=O)[O-].[Na+].[Na+]. The number of primary amides is 1. The summed E-state index contributed by atoms with van der Waals surface area (Å²) in [6.07, 6.45) is -0.953. The molecule has 1 atom stereocenters. The van der Waals surface area contributed by atoms with Gasteiger partial charge in [-0.15, -0.1) is 0 Å². The molecule has 0 radical (unpaired) electrons. The first-order valence-corrected chi connectivity index (χ1v) is 5.93. The first kappa shape index (κ1) is 24.4. The number of carboxylic acid groups (broad SMARTS) is 2. The maximum absolute atomic E-state index is 12.0. The van der Waals surface area contributed by atoms with Gasteiger partial charge >= 0.3 is 59.1 Å². The average Bonchev–Trinajstić information content (AvgIpc) is 2.42. The first-order valence-electron chi connectivity index (χ1n) is 5.93. The fourth-order valence-corrected chi connectivity index (χ4v) is 1.64. The molecule has 1 aromatic rings. The quantitative estimate of drug-likeness (QED) is 0.471. The van der Waals surface area contributed by atoms with E-state index in [-0.39, 0.29) is 70.2 Å². The summed E-state index contributed by atoms with van der Waals surface area (Å²) in [7, 11) is 0. The van der Waals surface area contributed by atoms with E-state index in [1.807, 2.05) is 0 Å². The molecule has 0 heterocycles. The zero-order chi connectivity index (χ0) is 16.0. The predicted octanol–water partition coefficient (Wildman–Crippen LogP) is -8.83. The maximum Gasteiger partial charge on any atom is 1.00 e. The summed E-state index contributed by atoms with van der Waals surface area (Å²) in [5, 5.41) is 23.3. The molecule has 23 heavy (non-hydrogen) atoms. The van der Waals surface area contributed by atoms with E-state index in [0.29, 0.717) is 0 Å². The molecule has 112 valence electrons. The molecule has 2 amide bonds. The summed E-state index contributed by atoms with van der Waals surface area (Å²) in [5.41, 5.74) is 4.92. The van der Waals surface area contributed by atoms with E-state index in [0.717, 1.165) is 0 Å².